The van der Waals surface area contributed by atoms with Crippen molar-refractivity contribution in [1.82, 2.24) is 20.5 Å². The number of benzene rings is 1. The van der Waals surface area contributed by atoms with Crippen molar-refractivity contribution in [2.75, 3.05) is 20.3 Å². The average molecular weight is 571 g/mol. The molecule has 2 bridgehead atoms. The van der Waals surface area contributed by atoms with Gasteiger partial charge in [0.25, 0.3) is 11.8 Å². The summed E-state index contributed by atoms with van der Waals surface area (Å²) in [4.78, 5) is 56.6. The number of rotatable bonds is 7. The summed E-state index contributed by atoms with van der Waals surface area (Å²) in [6.45, 7) is 0.713. The van der Waals surface area contributed by atoms with Crippen LogP contribution in [0.3, 0.4) is 0 Å². The van der Waals surface area contributed by atoms with E-state index in [9.17, 15) is 19.2 Å². The van der Waals surface area contributed by atoms with Crippen LogP contribution in [0.1, 0.15) is 49.0 Å². The topological polar surface area (TPSA) is 130 Å². The van der Waals surface area contributed by atoms with Crippen LogP contribution in [0.15, 0.2) is 35.9 Å². The fourth-order valence-electron chi connectivity index (χ4n) is 6.81. The number of fused-ring (bicyclic) bond motifs is 4. The molecule has 3 N–H and O–H groups in total. The molecule has 5 heterocycles. The third-order valence-electron chi connectivity index (χ3n) is 8.81. The first kappa shape index (κ1) is 27.2. The summed E-state index contributed by atoms with van der Waals surface area (Å²) in [5.74, 6) is -6.28. The number of methoxy groups -OCH3 is 1. The van der Waals surface area contributed by atoms with E-state index in [-0.39, 0.29) is 31.0 Å². The Kier molecular flexibility index (Phi) is 6.95. The van der Waals surface area contributed by atoms with E-state index in [1.165, 1.54) is 12.0 Å². The number of carbonyl (C=O) groups is 4. The minimum atomic E-state index is -3.13. The van der Waals surface area contributed by atoms with Crippen molar-refractivity contribution >= 4 is 34.6 Å². The lowest BCUT2D eigenvalue weighted by Gasteiger charge is -2.53. The van der Waals surface area contributed by atoms with E-state index >= 15 is 8.78 Å². The molecule has 1 saturated carbocycles. The molecule has 0 radical (unpaired) electrons. The Morgan fingerprint density at radius 2 is 2.10 bits per heavy atom. The van der Waals surface area contributed by atoms with Gasteiger partial charge in [-0.1, -0.05) is 12.1 Å². The Morgan fingerprint density at radius 3 is 2.78 bits per heavy atom. The second kappa shape index (κ2) is 10.5. The highest BCUT2D eigenvalue weighted by atomic mass is 19.3. The number of aromatic nitrogens is 1. The zero-order valence-corrected chi connectivity index (χ0v) is 22.6. The van der Waals surface area contributed by atoms with E-state index in [1.54, 1.807) is 30.3 Å². The highest BCUT2D eigenvalue weighted by Crippen LogP contribution is 2.49. The molecule has 10 nitrogen and oxygen atoms in total. The van der Waals surface area contributed by atoms with Crippen molar-refractivity contribution in [3.05, 3.63) is 41.6 Å². The quantitative estimate of drug-likeness (QED) is 0.347. The maximum atomic E-state index is 15.2. The molecule has 5 atom stereocenters. The summed E-state index contributed by atoms with van der Waals surface area (Å²) < 4.78 is 40.9. The summed E-state index contributed by atoms with van der Waals surface area (Å²) in [7, 11) is 1.52. The normalized spacial score (nSPS) is 28.6. The molecule has 4 aliphatic heterocycles. The maximum Gasteiger partial charge on any atom is 0.333 e. The van der Waals surface area contributed by atoms with E-state index in [1.807, 2.05) is 0 Å². The van der Waals surface area contributed by atoms with Gasteiger partial charge in [0.1, 0.15) is 17.5 Å². The van der Waals surface area contributed by atoms with Crippen LogP contribution in [0.25, 0.3) is 10.9 Å². The number of nitrogens with zero attached hydrogens (tertiary/aromatic N) is 1. The monoisotopic (exact) mass is 570 g/mol. The molecule has 12 heteroatoms. The van der Waals surface area contributed by atoms with Crippen LogP contribution >= 0.6 is 0 Å². The zero-order valence-electron chi connectivity index (χ0n) is 22.6. The number of halogens is 2. The molecular weight excluding hydrogens is 538 g/mol. The first-order valence-corrected chi connectivity index (χ1v) is 14.0. The van der Waals surface area contributed by atoms with Crippen molar-refractivity contribution in [3.8, 4) is 5.75 Å². The largest absolute Gasteiger partial charge is 0.496 e. The number of H-pyrrole nitrogens is 1. The number of piperidine rings is 2. The van der Waals surface area contributed by atoms with Crippen LogP contribution in [0.5, 0.6) is 5.75 Å². The minimum absolute atomic E-state index is 0.100. The molecule has 1 aromatic heterocycles. The van der Waals surface area contributed by atoms with E-state index in [0.29, 0.717) is 48.0 Å². The van der Waals surface area contributed by atoms with Gasteiger partial charge in [-0.3, -0.25) is 14.4 Å². The summed E-state index contributed by atoms with van der Waals surface area (Å²) >= 11 is 0. The van der Waals surface area contributed by atoms with Crippen LogP contribution in [0.4, 0.5) is 8.78 Å². The summed E-state index contributed by atoms with van der Waals surface area (Å²) in [5, 5.41) is 6.25. The molecule has 7 rings (SSSR count). The van der Waals surface area contributed by atoms with Gasteiger partial charge < -0.3 is 30.0 Å². The fourth-order valence-corrected chi connectivity index (χ4v) is 6.81. The second-order valence-corrected chi connectivity index (χ2v) is 11.3. The van der Waals surface area contributed by atoms with Gasteiger partial charge >= 0.3 is 5.97 Å². The van der Waals surface area contributed by atoms with Crippen molar-refractivity contribution in [1.29, 1.82) is 0 Å². The lowest BCUT2D eigenvalue weighted by Crippen LogP contribution is -2.68. The van der Waals surface area contributed by atoms with E-state index in [0.717, 1.165) is 0 Å². The van der Waals surface area contributed by atoms with Crippen LogP contribution < -0.4 is 15.4 Å². The number of aromatic amines is 1. The van der Waals surface area contributed by atoms with Gasteiger partial charge in [0.2, 0.25) is 11.8 Å². The Balaban J connectivity index is 1.32. The third-order valence-corrected chi connectivity index (χ3v) is 8.81. The van der Waals surface area contributed by atoms with Crippen molar-refractivity contribution < 1.29 is 37.4 Å². The van der Waals surface area contributed by atoms with Crippen LogP contribution in [0.2, 0.25) is 0 Å². The van der Waals surface area contributed by atoms with Gasteiger partial charge in [0.15, 0.2) is 0 Å². The summed E-state index contributed by atoms with van der Waals surface area (Å²) in [6, 6.07) is 3.89. The van der Waals surface area contributed by atoms with Crippen molar-refractivity contribution in [3.63, 3.8) is 0 Å². The fraction of sp³-hybridized carbons (Fsp3) is 0.517. The van der Waals surface area contributed by atoms with Crippen LogP contribution in [-0.2, 0) is 19.1 Å². The molecule has 4 saturated heterocycles. The molecule has 218 valence electrons. The number of alkyl halides is 2. The number of cyclic esters (lactones) is 1. The number of hydrogen-bond donors (Lipinski definition) is 3. The first-order valence-electron chi connectivity index (χ1n) is 14.0. The number of ether oxygens (including phenoxy) is 2. The molecule has 0 spiro atoms. The molecule has 41 heavy (non-hydrogen) atoms. The van der Waals surface area contributed by atoms with Gasteiger partial charge in [-0.2, -0.15) is 0 Å². The first-order chi connectivity index (χ1) is 19.7. The number of carbonyl (C=O) groups excluding carboxylic acids is 4. The predicted octanol–water partition coefficient (Wildman–Crippen LogP) is 2.69. The number of nitrogens with one attached hydrogen (secondary N) is 3. The summed E-state index contributed by atoms with van der Waals surface area (Å²) in [6.07, 6.45) is 2.61. The van der Waals surface area contributed by atoms with Gasteiger partial charge in [-0.05, 0) is 43.9 Å². The van der Waals surface area contributed by atoms with Crippen molar-refractivity contribution in [2.24, 2.45) is 11.8 Å². The number of amides is 3. The second-order valence-electron chi connectivity index (χ2n) is 11.3. The Morgan fingerprint density at radius 1 is 1.27 bits per heavy atom. The van der Waals surface area contributed by atoms with Crippen molar-refractivity contribution in [2.45, 2.75) is 62.6 Å². The molecule has 1 aliphatic carbocycles. The molecule has 2 aromatic rings. The number of esters is 1. The Bertz CT molecular complexity index is 1440. The average Bonchev–Trinajstić information content (AvgIpc) is 3.67. The van der Waals surface area contributed by atoms with Crippen LogP contribution in [0, 0.1) is 11.8 Å². The highest BCUT2D eigenvalue weighted by Gasteiger charge is 2.60. The standard InChI is InChI=1S/C29H32F2N4O6/c1-40-23-4-2-3-21-19(23)13-22(34-21)27(38)35-18-5-6-20(29(30,31)14-18)24(35)26(37)33-17(11-15-7-9-32-25(15)36)12-16-8-10-41-28(16)39/h2-4,12-13,15,17-18,20,24,34H,5-11,14H2,1H3,(H,32,36)(H,33,37)/b16-12-/t15-,17-,18+,20+,24+/m0/s1. The predicted molar refractivity (Wildman–Crippen MR) is 142 cm³/mol. The Hall–Kier alpha value is -3.96. The smallest absolute Gasteiger partial charge is 0.333 e. The lowest BCUT2D eigenvalue weighted by atomic mass is 9.71. The lowest BCUT2D eigenvalue weighted by molar-refractivity contribution is -0.179. The molecule has 5 fully saturated rings. The highest BCUT2D eigenvalue weighted by molar-refractivity contribution is 6.02. The van der Waals surface area contributed by atoms with Gasteiger partial charge in [0, 0.05) is 53.9 Å². The minimum Gasteiger partial charge on any atom is -0.496 e. The molecule has 3 amide bonds. The van der Waals surface area contributed by atoms with E-state index in [2.05, 4.69) is 15.6 Å². The van der Waals surface area contributed by atoms with Gasteiger partial charge in [0.05, 0.1) is 19.6 Å². The van der Waals surface area contributed by atoms with Crippen LogP contribution in [-0.4, -0.2) is 77.9 Å². The SMILES string of the molecule is COc1cccc2[nH]c(C(=O)N3[C@@H]4CC[C@H]([C@@H]3C(=O)N[C@H](/C=C3/CCOC3=O)C[C@@H]3CCNC3=O)C(F)(F)C4)cc12. The maximum absolute atomic E-state index is 15.2. The summed E-state index contributed by atoms with van der Waals surface area (Å²) in [5.41, 5.74) is 1.18. The van der Waals surface area contributed by atoms with E-state index < -0.39 is 60.1 Å². The molecular formula is C29H32F2N4O6. The molecule has 0 unspecified atom stereocenters. The van der Waals surface area contributed by atoms with Gasteiger partial charge in [-0.25, -0.2) is 13.6 Å². The van der Waals surface area contributed by atoms with Gasteiger partial charge in [-0.15, -0.1) is 0 Å². The Labute approximate surface area is 234 Å². The van der Waals surface area contributed by atoms with E-state index in [4.69, 9.17) is 9.47 Å². The third kappa shape index (κ3) is 4.93. The zero-order chi connectivity index (χ0) is 28.9. The number of hydrogen-bond acceptors (Lipinski definition) is 6. The molecule has 1 aromatic carbocycles. The molecule has 5 aliphatic rings.